The Kier molecular flexibility index (Phi) is 3.78. The molecule has 2 unspecified atom stereocenters. The third kappa shape index (κ3) is 2.70. The first-order valence-corrected chi connectivity index (χ1v) is 9.09. The van der Waals surface area contributed by atoms with Crippen molar-refractivity contribution in [2.45, 2.75) is 43.9 Å². The molecular weight excluding hydrogens is 318 g/mol. The lowest BCUT2D eigenvalue weighted by molar-refractivity contribution is -0.151. The molecule has 0 heterocycles. The largest absolute Gasteiger partial charge is 0.497 e. The molecule has 2 atom stereocenters. The third-order valence-electron chi connectivity index (χ3n) is 6.65. The number of aliphatic carboxylic acids is 1. The second kappa shape index (κ2) is 5.75. The zero-order valence-electron chi connectivity index (χ0n) is 14.6. The van der Waals surface area contributed by atoms with Gasteiger partial charge in [-0.3, -0.25) is 9.59 Å². The number of amides is 1. The number of carbonyl (C=O) groups excluding carboxylic acids is 1. The Morgan fingerprint density at radius 1 is 1.16 bits per heavy atom. The third-order valence-corrected chi connectivity index (χ3v) is 6.65. The molecule has 5 heteroatoms. The van der Waals surface area contributed by atoms with Crippen molar-refractivity contribution in [1.29, 1.82) is 0 Å². The zero-order chi connectivity index (χ0) is 17.7. The Labute approximate surface area is 147 Å². The van der Waals surface area contributed by atoms with Gasteiger partial charge in [-0.25, -0.2) is 0 Å². The van der Waals surface area contributed by atoms with Crippen LogP contribution in [0.2, 0.25) is 0 Å². The zero-order valence-corrected chi connectivity index (χ0v) is 14.6. The number of carbonyl (C=O) groups is 2. The maximum atomic E-state index is 12.9. The number of hydrogen-bond donors (Lipinski definition) is 2. The van der Waals surface area contributed by atoms with E-state index in [0.717, 1.165) is 37.9 Å². The minimum Gasteiger partial charge on any atom is -0.497 e. The molecule has 4 aliphatic rings. The van der Waals surface area contributed by atoms with Gasteiger partial charge in [0.15, 0.2) is 0 Å². The molecular formula is C20H25NO4. The first-order chi connectivity index (χ1) is 11.9. The molecule has 4 bridgehead atoms. The Bertz CT molecular complexity index is 682. The molecule has 134 valence electrons. The molecule has 0 spiro atoms. The van der Waals surface area contributed by atoms with Crippen molar-refractivity contribution < 1.29 is 19.4 Å². The van der Waals surface area contributed by atoms with Gasteiger partial charge >= 0.3 is 5.97 Å². The average Bonchev–Trinajstić information content (AvgIpc) is 2.58. The van der Waals surface area contributed by atoms with E-state index in [0.29, 0.717) is 11.8 Å². The monoisotopic (exact) mass is 343 g/mol. The van der Waals surface area contributed by atoms with Gasteiger partial charge in [0.1, 0.15) is 12.3 Å². The molecule has 0 saturated heterocycles. The maximum Gasteiger partial charge on any atom is 0.322 e. The van der Waals surface area contributed by atoms with Crippen LogP contribution in [-0.4, -0.2) is 30.6 Å². The van der Waals surface area contributed by atoms with E-state index < -0.39 is 5.97 Å². The highest BCUT2D eigenvalue weighted by Crippen LogP contribution is 2.65. The van der Waals surface area contributed by atoms with E-state index in [-0.39, 0.29) is 23.3 Å². The number of rotatable bonds is 5. The molecule has 2 N–H and O–H groups in total. The second-order valence-corrected chi connectivity index (χ2v) is 8.33. The van der Waals surface area contributed by atoms with Crippen molar-refractivity contribution in [3.05, 3.63) is 29.8 Å². The molecule has 1 aromatic rings. The van der Waals surface area contributed by atoms with Crippen molar-refractivity contribution >= 4 is 11.9 Å². The lowest BCUT2D eigenvalue weighted by Crippen LogP contribution is -2.59. The van der Waals surface area contributed by atoms with Crippen molar-refractivity contribution in [1.82, 2.24) is 5.32 Å². The number of carboxylic acids is 1. The van der Waals surface area contributed by atoms with Crippen LogP contribution in [0.5, 0.6) is 5.75 Å². The molecule has 1 aromatic carbocycles. The van der Waals surface area contributed by atoms with Gasteiger partial charge < -0.3 is 15.2 Å². The molecule has 1 amide bonds. The fourth-order valence-corrected chi connectivity index (χ4v) is 6.15. The molecule has 4 aliphatic carbocycles. The summed E-state index contributed by atoms with van der Waals surface area (Å²) in [5.74, 6) is 0.949. The minimum absolute atomic E-state index is 0.0525. The van der Waals surface area contributed by atoms with Crippen molar-refractivity contribution in [2.75, 3.05) is 13.7 Å². The van der Waals surface area contributed by atoms with E-state index in [2.05, 4.69) is 17.4 Å². The number of carboxylic acid groups (broad SMARTS) is 1. The molecule has 5 rings (SSSR count). The van der Waals surface area contributed by atoms with Crippen LogP contribution in [0.1, 0.15) is 44.1 Å². The summed E-state index contributed by atoms with van der Waals surface area (Å²) in [5.41, 5.74) is 0.967. The van der Waals surface area contributed by atoms with E-state index in [9.17, 15) is 9.59 Å². The van der Waals surface area contributed by atoms with Crippen LogP contribution in [0.25, 0.3) is 0 Å². The quantitative estimate of drug-likeness (QED) is 0.862. The number of methoxy groups -OCH3 is 1. The van der Waals surface area contributed by atoms with Gasteiger partial charge in [0.2, 0.25) is 5.91 Å². The molecule has 5 nitrogen and oxygen atoms in total. The van der Waals surface area contributed by atoms with Gasteiger partial charge in [0, 0.05) is 0 Å². The smallest absolute Gasteiger partial charge is 0.322 e. The highest BCUT2D eigenvalue weighted by molar-refractivity contribution is 5.86. The Balaban J connectivity index is 1.64. The topological polar surface area (TPSA) is 75.6 Å². The SMILES string of the molecule is COc1ccc(C23CC4CC(CC(C(=O)NCC(=O)O)(C4)C2)C3)cc1. The summed E-state index contributed by atoms with van der Waals surface area (Å²) in [7, 11) is 1.67. The first-order valence-electron chi connectivity index (χ1n) is 9.09. The summed E-state index contributed by atoms with van der Waals surface area (Å²) in [6, 6.07) is 8.31. The van der Waals surface area contributed by atoms with Crippen LogP contribution < -0.4 is 10.1 Å². The molecule has 0 aliphatic heterocycles. The second-order valence-electron chi connectivity index (χ2n) is 8.33. The van der Waals surface area contributed by atoms with Crippen molar-refractivity contribution in [2.24, 2.45) is 17.3 Å². The standard InChI is InChI=1S/C20H25NO4/c1-25-16-4-2-15(3-5-16)19-7-13-6-14(8-19)10-20(9-13,12-19)18(24)21-11-17(22)23/h2-5,13-14H,6-12H2,1H3,(H,21,24)(H,22,23). The normalized spacial score (nSPS) is 35.4. The summed E-state index contributed by atoms with van der Waals surface area (Å²) in [6.07, 6.45) is 6.16. The van der Waals surface area contributed by atoms with Gasteiger partial charge in [0.25, 0.3) is 0 Å². The van der Waals surface area contributed by atoms with Crippen molar-refractivity contribution in [3.63, 3.8) is 0 Å². The van der Waals surface area contributed by atoms with E-state index in [1.807, 2.05) is 12.1 Å². The Morgan fingerprint density at radius 3 is 2.36 bits per heavy atom. The van der Waals surface area contributed by atoms with E-state index in [1.165, 1.54) is 12.0 Å². The predicted molar refractivity (Wildman–Crippen MR) is 92.4 cm³/mol. The Morgan fingerprint density at radius 2 is 1.80 bits per heavy atom. The molecule has 25 heavy (non-hydrogen) atoms. The lowest BCUT2D eigenvalue weighted by atomic mass is 9.42. The van der Waals surface area contributed by atoms with E-state index >= 15 is 0 Å². The van der Waals surface area contributed by atoms with Gasteiger partial charge in [-0.2, -0.15) is 0 Å². The minimum atomic E-state index is -0.983. The summed E-state index contributed by atoms with van der Waals surface area (Å²) < 4.78 is 5.28. The van der Waals surface area contributed by atoms with E-state index in [4.69, 9.17) is 9.84 Å². The Hall–Kier alpha value is -2.04. The van der Waals surface area contributed by atoms with Crippen LogP contribution in [0.15, 0.2) is 24.3 Å². The summed E-state index contributed by atoms with van der Waals surface area (Å²) >= 11 is 0. The van der Waals surface area contributed by atoms with Crippen LogP contribution in [-0.2, 0) is 15.0 Å². The predicted octanol–water partition coefficient (Wildman–Crippen LogP) is 2.73. The average molecular weight is 343 g/mol. The van der Waals surface area contributed by atoms with Gasteiger partial charge in [-0.05, 0) is 73.5 Å². The molecule has 4 saturated carbocycles. The molecule has 0 radical (unpaired) electrons. The summed E-state index contributed by atoms with van der Waals surface area (Å²) in [4.78, 5) is 23.7. The van der Waals surface area contributed by atoms with Gasteiger partial charge in [-0.1, -0.05) is 12.1 Å². The maximum absolute atomic E-state index is 12.9. The lowest BCUT2D eigenvalue weighted by Gasteiger charge is -2.61. The number of benzene rings is 1. The van der Waals surface area contributed by atoms with Gasteiger partial charge in [-0.15, -0.1) is 0 Å². The van der Waals surface area contributed by atoms with E-state index in [1.54, 1.807) is 7.11 Å². The summed E-state index contributed by atoms with van der Waals surface area (Å²) in [6.45, 7) is -0.286. The van der Waals surface area contributed by atoms with Crippen LogP contribution in [0, 0.1) is 17.3 Å². The number of nitrogens with one attached hydrogen (secondary N) is 1. The fourth-order valence-electron chi connectivity index (χ4n) is 6.15. The number of ether oxygens (including phenoxy) is 1. The van der Waals surface area contributed by atoms with Gasteiger partial charge in [0.05, 0.1) is 12.5 Å². The molecule has 4 fully saturated rings. The fraction of sp³-hybridized carbons (Fsp3) is 0.600. The van der Waals surface area contributed by atoms with Crippen LogP contribution in [0.3, 0.4) is 0 Å². The van der Waals surface area contributed by atoms with Crippen LogP contribution >= 0.6 is 0 Å². The number of hydrogen-bond acceptors (Lipinski definition) is 3. The molecule has 0 aromatic heterocycles. The van der Waals surface area contributed by atoms with Crippen LogP contribution in [0.4, 0.5) is 0 Å². The highest BCUT2D eigenvalue weighted by atomic mass is 16.5. The first kappa shape index (κ1) is 16.4. The summed E-state index contributed by atoms with van der Waals surface area (Å²) in [5, 5.41) is 11.6. The highest BCUT2D eigenvalue weighted by Gasteiger charge is 2.60. The van der Waals surface area contributed by atoms with Crippen molar-refractivity contribution in [3.8, 4) is 5.75 Å².